The molecule has 0 aliphatic carbocycles. The summed E-state index contributed by atoms with van der Waals surface area (Å²) in [7, 11) is 0. The summed E-state index contributed by atoms with van der Waals surface area (Å²) in [6.07, 6.45) is 0.863. The van der Waals surface area contributed by atoms with Crippen molar-refractivity contribution in [1.82, 2.24) is 0 Å². The molecule has 0 spiro atoms. The van der Waals surface area contributed by atoms with Gasteiger partial charge in [0.15, 0.2) is 0 Å². The number of furan rings is 1. The van der Waals surface area contributed by atoms with Crippen LogP contribution in [0.15, 0.2) is 28.7 Å². The van der Waals surface area contributed by atoms with Crippen LogP contribution < -0.4 is 5.73 Å². The average Bonchev–Trinajstić information content (AvgIpc) is 2.59. The van der Waals surface area contributed by atoms with Gasteiger partial charge in [-0.1, -0.05) is 13.8 Å². The molecule has 0 radical (unpaired) electrons. The molecule has 1 atom stereocenters. The molecule has 86 valence electrons. The molecule has 0 aliphatic rings. The zero-order valence-electron chi connectivity index (χ0n) is 9.53. The quantitative estimate of drug-likeness (QED) is 0.859. The fourth-order valence-corrected chi connectivity index (χ4v) is 1.83. The van der Waals surface area contributed by atoms with Gasteiger partial charge in [0.05, 0.1) is 6.04 Å². The van der Waals surface area contributed by atoms with Gasteiger partial charge in [0, 0.05) is 11.5 Å². The Kier molecular flexibility index (Phi) is 2.97. The van der Waals surface area contributed by atoms with Crippen molar-refractivity contribution < 1.29 is 8.81 Å². The number of benzene rings is 1. The van der Waals surface area contributed by atoms with E-state index >= 15 is 0 Å². The molecule has 1 aromatic heterocycles. The minimum atomic E-state index is -0.286. The van der Waals surface area contributed by atoms with Crippen molar-refractivity contribution in [1.29, 1.82) is 0 Å². The fourth-order valence-electron chi connectivity index (χ4n) is 1.83. The van der Waals surface area contributed by atoms with Gasteiger partial charge in [0.1, 0.15) is 17.2 Å². The van der Waals surface area contributed by atoms with Gasteiger partial charge in [-0.15, -0.1) is 0 Å². The molecule has 0 saturated heterocycles. The first-order valence-electron chi connectivity index (χ1n) is 5.51. The SMILES string of the molecule is CC(C)CC(N)c1cc2ccc(F)cc2o1. The van der Waals surface area contributed by atoms with Crippen LogP contribution in [-0.2, 0) is 0 Å². The maximum absolute atomic E-state index is 13.0. The van der Waals surface area contributed by atoms with Crippen molar-refractivity contribution >= 4 is 11.0 Å². The van der Waals surface area contributed by atoms with E-state index in [1.165, 1.54) is 12.1 Å². The van der Waals surface area contributed by atoms with Crippen LogP contribution >= 0.6 is 0 Å². The van der Waals surface area contributed by atoms with E-state index in [0.717, 1.165) is 17.6 Å². The lowest BCUT2D eigenvalue weighted by Gasteiger charge is -2.10. The van der Waals surface area contributed by atoms with Gasteiger partial charge < -0.3 is 10.2 Å². The normalized spacial score (nSPS) is 13.6. The van der Waals surface area contributed by atoms with E-state index < -0.39 is 0 Å². The van der Waals surface area contributed by atoms with Crippen LogP contribution in [0.4, 0.5) is 4.39 Å². The summed E-state index contributed by atoms with van der Waals surface area (Å²) >= 11 is 0. The van der Waals surface area contributed by atoms with Gasteiger partial charge in [-0.3, -0.25) is 0 Å². The highest BCUT2D eigenvalue weighted by Crippen LogP contribution is 2.26. The van der Waals surface area contributed by atoms with E-state index in [4.69, 9.17) is 10.2 Å². The van der Waals surface area contributed by atoms with Crippen LogP contribution in [0.25, 0.3) is 11.0 Å². The first-order chi connectivity index (χ1) is 7.56. The smallest absolute Gasteiger partial charge is 0.137 e. The lowest BCUT2D eigenvalue weighted by Crippen LogP contribution is -2.11. The summed E-state index contributed by atoms with van der Waals surface area (Å²) in [5, 5.41) is 0.899. The highest BCUT2D eigenvalue weighted by molar-refractivity contribution is 5.77. The highest BCUT2D eigenvalue weighted by atomic mass is 19.1. The summed E-state index contributed by atoms with van der Waals surface area (Å²) in [5.41, 5.74) is 6.57. The van der Waals surface area contributed by atoms with Gasteiger partial charge >= 0.3 is 0 Å². The third-order valence-corrected chi connectivity index (χ3v) is 2.59. The Hall–Kier alpha value is -1.35. The predicted molar refractivity (Wildman–Crippen MR) is 62.6 cm³/mol. The molecule has 2 N–H and O–H groups in total. The second kappa shape index (κ2) is 4.26. The van der Waals surface area contributed by atoms with Gasteiger partial charge in [-0.2, -0.15) is 0 Å². The first-order valence-corrected chi connectivity index (χ1v) is 5.51. The van der Waals surface area contributed by atoms with Crippen molar-refractivity contribution in [2.24, 2.45) is 11.7 Å². The summed E-state index contributed by atoms with van der Waals surface area (Å²) in [5.74, 6) is 0.958. The molecule has 0 saturated carbocycles. The van der Waals surface area contributed by atoms with E-state index in [0.29, 0.717) is 11.5 Å². The van der Waals surface area contributed by atoms with Gasteiger partial charge in [0.25, 0.3) is 0 Å². The van der Waals surface area contributed by atoms with E-state index in [1.54, 1.807) is 6.07 Å². The molecule has 1 aromatic carbocycles. The number of rotatable bonds is 3. The Morgan fingerprint density at radius 1 is 1.31 bits per heavy atom. The molecule has 0 fully saturated rings. The second-order valence-electron chi connectivity index (χ2n) is 4.57. The molecule has 2 aromatic rings. The lowest BCUT2D eigenvalue weighted by atomic mass is 10.0. The maximum Gasteiger partial charge on any atom is 0.137 e. The molecule has 0 aliphatic heterocycles. The number of hydrogen-bond donors (Lipinski definition) is 1. The van der Waals surface area contributed by atoms with Crippen LogP contribution in [0.5, 0.6) is 0 Å². The van der Waals surface area contributed by atoms with Crippen molar-refractivity contribution in [2.45, 2.75) is 26.3 Å². The topological polar surface area (TPSA) is 39.2 Å². The monoisotopic (exact) mass is 221 g/mol. The molecule has 3 heteroatoms. The molecule has 1 heterocycles. The number of hydrogen-bond acceptors (Lipinski definition) is 2. The molecular formula is C13H16FNO. The van der Waals surface area contributed by atoms with Gasteiger partial charge in [0.2, 0.25) is 0 Å². The first kappa shape index (κ1) is 11.1. The Balaban J connectivity index is 2.32. The number of fused-ring (bicyclic) bond motifs is 1. The standard InChI is InChI=1S/C13H16FNO/c1-8(2)5-11(15)13-6-9-3-4-10(14)7-12(9)16-13/h3-4,6-8,11H,5,15H2,1-2H3. The van der Waals surface area contributed by atoms with Crippen LogP contribution in [0.2, 0.25) is 0 Å². The number of nitrogens with two attached hydrogens (primary N) is 1. The molecule has 2 rings (SSSR count). The highest BCUT2D eigenvalue weighted by Gasteiger charge is 2.13. The average molecular weight is 221 g/mol. The molecule has 16 heavy (non-hydrogen) atoms. The third-order valence-electron chi connectivity index (χ3n) is 2.59. The largest absolute Gasteiger partial charge is 0.459 e. The van der Waals surface area contributed by atoms with Gasteiger partial charge in [-0.05, 0) is 30.5 Å². The van der Waals surface area contributed by atoms with E-state index in [9.17, 15) is 4.39 Å². The van der Waals surface area contributed by atoms with Crippen molar-refractivity contribution in [2.75, 3.05) is 0 Å². The summed E-state index contributed by atoms with van der Waals surface area (Å²) in [4.78, 5) is 0. The van der Waals surface area contributed by atoms with E-state index in [2.05, 4.69) is 13.8 Å². The predicted octanol–water partition coefficient (Wildman–Crippen LogP) is 3.62. The summed E-state index contributed by atoms with van der Waals surface area (Å²) < 4.78 is 18.5. The molecule has 0 amide bonds. The third kappa shape index (κ3) is 2.25. The van der Waals surface area contributed by atoms with E-state index in [1.807, 2.05) is 6.07 Å². The maximum atomic E-state index is 13.0. The fraction of sp³-hybridized carbons (Fsp3) is 0.385. The van der Waals surface area contributed by atoms with Crippen LogP contribution in [-0.4, -0.2) is 0 Å². The van der Waals surface area contributed by atoms with E-state index in [-0.39, 0.29) is 11.9 Å². The second-order valence-corrected chi connectivity index (χ2v) is 4.57. The molecule has 0 bridgehead atoms. The Morgan fingerprint density at radius 3 is 2.75 bits per heavy atom. The summed E-state index contributed by atoms with van der Waals surface area (Å²) in [6, 6.07) is 6.30. The van der Waals surface area contributed by atoms with Crippen LogP contribution in [0.1, 0.15) is 32.1 Å². The van der Waals surface area contributed by atoms with Crippen LogP contribution in [0.3, 0.4) is 0 Å². The van der Waals surface area contributed by atoms with Crippen molar-refractivity contribution in [3.63, 3.8) is 0 Å². The minimum absolute atomic E-state index is 0.115. The molecule has 2 nitrogen and oxygen atoms in total. The zero-order valence-corrected chi connectivity index (χ0v) is 9.53. The molecular weight excluding hydrogens is 205 g/mol. The lowest BCUT2D eigenvalue weighted by molar-refractivity contribution is 0.431. The zero-order chi connectivity index (χ0) is 11.7. The van der Waals surface area contributed by atoms with Crippen molar-refractivity contribution in [3.8, 4) is 0 Å². The Morgan fingerprint density at radius 2 is 2.06 bits per heavy atom. The minimum Gasteiger partial charge on any atom is -0.459 e. The van der Waals surface area contributed by atoms with Crippen LogP contribution in [0, 0.1) is 11.7 Å². The Labute approximate surface area is 94.2 Å². The Bertz CT molecular complexity index is 490. The summed E-state index contributed by atoms with van der Waals surface area (Å²) in [6.45, 7) is 4.23. The molecule has 1 unspecified atom stereocenters. The number of halogens is 1. The van der Waals surface area contributed by atoms with Gasteiger partial charge in [-0.25, -0.2) is 4.39 Å². The van der Waals surface area contributed by atoms with Crippen molar-refractivity contribution in [3.05, 3.63) is 35.8 Å².